The van der Waals surface area contributed by atoms with Crippen LogP contribution in [0, 0.1) is 5.92 Å². The molecule has 3 aliphatic heterocycles. The molecule has 0 fully saturated rings. The Balaban J connectivity index is 1.71. The quantitative estimate of drug-likeness (QED) is 0.581. The molecule has 0 aliphatic carbocycles. The maximum absolute atomic E-state index is 12.3. The van der Waals surface area contributed by atoms with Crippen molar-refractivity contribution < 1.29 is 9.53 Å². The highest BCUT2D eigenvalue weighted by atomic mass is 16.5. The minimum atomic E-state index is -0.211. The van der Waals surface area contributed by atoms with Gasteiger partial charge in [-0.1, -0.05) is 24.3 Å². The number of fused-ring (bicyclic) bond motifs is 4. The number of carbonyl (C=O) groups is 1. The number of rotatable bonds is 0. The Kier molecular flexibility index (Phi) is 4.77. The van der Waals surface area contributed by atoms with Crippen molar-refractivity contribution >= 4 is 35.0 Å². The number of aromatic nitrogens is 2. The molecule has 0 saturated heterocycles. The zero-order valence-electron chi connectivity index (χ0n) is 16.2. The summed E-state index contributed by atoms with van der Waals surface area (Å²) in [6, 6.07) is 13.5. The van der Waals surface area contributed by atoms with E-state index in [4.69, 9.17) is 9.73 Å². The molecule has 3 aliphatic rings. The lowest BCUT2D eigenvalue weighted by atomic mass is 10.0. The largest absolute Gasteiger partial charge is 0.488 e. The van der Waals surface area contributed by atoms with Crippen molar-refractivity contribution in [3.63, 3.8) is 0 Å². The lowest BCUT2D eigenvalue weighted by Crippen LogP contribution is -2.30. The van der Waals surface area contributed by atoms with Crippen molar-refractivity contribution in [2.75, 3.05) is 13.2 Å². The summed E-state index contributed by atoms with van der Waals surface area (Å²) >= 11 is 0. The molecule has 1 amide bonds. The van der Waals surface area contributed by atoms with Gasteiger partial charge in [0.05, 0.1) is 16.8 Å². The van der Waals surface area contributed by atoms with E-state index in [9.17, 15) is 4.79 Å². The highest BCUT2D eigenvalue weighted by Crippen LogP contribution is 2.25. The Bertz CT molecular complexity index is 1300. The highest BCUT2D eigenvalue weighted by molar-refractivity contribution is 5.89. The van der Waals surface area contributed by atoms with Crippen molar-refractivity contribution in [3.05, 3.63) is 71.6 Å². The fraction of sp³-hybridized carbons (Fsp3) is 0.174. The van der Waals surface area contributed by atoms with Crippen molar-refractivity contribution in [2.45, 2.75) is 6.42 Å². The smallest absolute Gasteiger partial charge is 0.252 e. The minimum absolute atomic E-state index is 0.150. The third-order valence-electron chi connectivity index (χ3n) is 5.12. The van der Waals surface area contributed by atoms with Crippen LogP contribution in [0.2, 0.25) is 0 Å². The number of hydrogen-bond donors (Lipinski definition) is 0. The first-order valence-electron chi connectivity index (χ1n) is 9.80. The first-order chi connectivity index (χ1) is 14.8. The molecular formula is C23H19N5O2. The maximum Gasteiger partial charge on any atom is 0.252 e. The number of ether oxygens (including phenoxy) is 1. The maximum atomic E-state index is 12.3. The van der Waals surface area contributed by atoms with E-state index < -0.39 is 0 Å². The molecule has 4 heterocycles. The molecule has 1 unspecified atom stereocenters. The van der Waals surface area contributed by atoms with E-state index in [2.05, 4.69) is 19.9 Å². The number of aliphatic imine (C=N–C) groups is 1. The molecule has 148 valence electrons. The molecule has 7 nitrogen and oxygen atoms in total. The van der Waals surface area contributed by atoms with Gasteiger partial charge < -0.3 is 9.64 Å². The van der Waals surface area contributed by atoms with Gasteiger partial charge in [0, 0.05) is 35.8 Å². The van der Waals surface area contributed by atoms with Gasteiger partial charge in [-0.15, -0.1) is 0 Å². The van der Waals surface area contributed by atoms with E-state index >= 15 is 0 Å². The van der Waals surface area contributed by atoms with E-state index in [-0.39, 0.29) is 18.4 Å². The Labute approximate surface area is 172 Å². The van der Waals surface area contributed by atoms with Gasteiger partial charge in [-0.05, 0) is 30.7 Å². The van der Waals surface area contributed by atoms with Crippen LogP contribution in [0.4, 0.5) is 5.82 Å². The van der Waals surface area contributed by atoms with Gasteiger partial charge in [0.15, 0.2) is 5.82 Å². The summed E-state index contributed by atoms with van der Waals surface area (Å²) in [5.41, 5.74) is 0.782. The Morgan fingerprint density at radius 1 is 1.10 bits per heavy atom. The number of nitrogens with zero attached hydrogens (tertiary/aromatic N) is 5. The number of hydrogen-bond acceptors (Lipinski definition) is 6. The molecular weight excluding hydrogens is 378 g/mol. The van der Waals surface area contributed by atoms with Crippen LogP contribution in [0.3, 0.4) is 0 Å². The summed E-state index contributed by atoms with van der Waals surface area (Å²) in [7, 11) is 0. The zero-order chi connectivity index (χ0) is 20.3. The van der Waals surface area contributed by atoms with Gasteiger partial charge in [0.2, 0.25) is 0 Å². The predicted molar refractivity (Wildman–Crippen MR) is 114 cm³/mol. The molecule has 0 radical (unpaired) electrons. The molecule has 1 aromatic heterocycles. The van der Waals surface area contributed by atoms with Crippen LogP contribution in [0.15, 0.2) is 71.1 Å². The highest BCUT2D eigenvalue weighted by Gasteiger charge is 2.18. The van der Waals surface area contributed by atoms with E-state index in [1.165, 1.54) is 12.5 Å². The molecule has 6 rings (SSSR count). The summed E-state index contributed by atoms with van der Waals surface area (Å²) in [6.07, 6.45) is 9.60. The van der Waals surface area contributed by atoms with Crippen LogP contribution >= 0.6 is 0 Å². The molecule has 3 aromatic rings. The summed E-state index contributed by atoms with van der Waals surface area (Å²) in [6.45, 7) is 0.933. The predicted octanol–water partition coefficient (Wildman–Crippen LogP) is 2.14. The monoisotopic (exact) mass is 397 g/mol. The van der Waals surface area contributed by atoms with Crippen molar-refractivity contribution in [2.24, 2.45) is 15.9 Å². The topological polar surface area (TPSA) is 80.0 Å². The second-order valence-corrected chi connectivity index (χ2v) is 7.11. The van der Waals surface area contributed by atoms with Crippen LogP contribution in [0.25, 0.3) is 17.1 Å². The summed E-state index contributed by atoms with van der Waals surface area (Å²) in [4.78, 5) is 32.0. The molecule has 0 N–H and O–H groups in total. The second-order valence-electron chi connectivity index (χ2n) is 7.11. The van der Waals surface area contributed by atoms with E-state index in [1.54, 1.807) is 0 Å². The molecule has 1 atom stereocenters. The van der Waals surface area contributed by atoms with Gasteiger partial charge >= 0.3 is 0 Å². The second kappa shape index (κ2) is 7.87. The zero-order valence-corrected chi connectivity index (χ0v) is 16.2. The minimum Gasteiger partial charge on any atom is -0.488 e. The normalized spacial score (nSPS) is 19.6. The third-order valence-corrected chi connectivity index (χ3v) is 5.12. The molecule has 30 heavy (non-hydrogen) atoms. The molecule has 7 heteroatoms. The third kappa shape index (κ3) is 3.69. The van der Waals surface area contributed by atoms with Crippen LogP contribution in [0.1, 0.15) is 6.42 Å². The fourth-order valence-corrected chi connectivity index (χ4v) is 3.54. The van der Waals surface area contributed by atoms with E-state index in [1.807, 2.05) is 60.9 Å². The van der Waals surface area contributed by atoms with Gasteiger partial charge in [0.1, 0.15) is 18.7 Å². The van der Waals surface area contributed by atoms with Crippen molar-refractivity contribution in [1.29, 1.82) is 0 Å². The Morgan fingerprint density at radius 3 is 2.93 bits per heavy atom. The average Bonchev–Trinajstić information content (AvgIpc) is 2.78. The first kappa shape index (κ1) is 18.2. The van der Waals surface area contributed by atoms with Gasteiger partial charge in [-0.3, -0.25) is 4.79 Å². The number of amides is 1. The average molecular weight is 397 g/mol. The molecule has 4 bridgehead atoms. The molecule has 0 saturated carbocycles. The summed E-state index contributed by atoms with van der Waals surface area (Å²) in [5.74, 6) is 0.860. The van der Waals surface area contributed by atoms with Gasteiger partial charge in [0.25, 0.3) is 5.91 Å². The summed E-state index contributed by atoms with van der Waals surface area (Å²) < 4.78 is 5.76. The summed E-state index contributed by atoms with van der Waals surface area (Å²) in [5, 5.41) is 2.57. The number of benzene rings is 2. The number of carbonyl (C=O) groups excluding carboxylic acids is 1. The molecule has 0 spiro atoms. The lowest BCUT2D eigenvalue weighted by Gasteiger charge is -2.23. The van der Waals surface area contributed by atoms with E-state index in [0.717, 1.165) is 28.0 Å². The standard InChI is InChI=1S/C23H19N5O2/c29-23-16-7-10-28(11-8-16)14-17-3-1-2-4-20(17)27-22-19-13-18(30-12-9-24-23)5-6-21(19)25-15-26-22/h1-7,9-10,13-16H,8,11-12H2/b17-14-,24-9?,27-20?. The first-order valence-corrected chi connectivity index (χ1v) is 9.80. The number of para-hydroxylation sites is 1. The van der Waals surface area contributed by atoms with Gasteiger partial charge in [-0.25, -0.2) is 20.0 Å². The Morgan fingerprint density at radius 2 is 2.03 bits per heavy atom. The van der Waals surface area contributed by atoms with Crippen LogP contribution in [-0.2, 0) is 4.79 Å². The SMILES string of the molecule is O=C1N=CCOc2ccc3ncnc(c3c2)N=c2cccc/c2=C/N2C=CC1CC2. The van der Waals surface area contributed by atoms with Crippen LogP contribution < -0.4 is 15.3 Å². The van der Waals surface area contributed by atoms with E-state index in [0.29, 0.717) is 18.0 Å². The van der Waals surface area contributed by atoms with Crippen molar-refractivity contribution in [3.8, 4) is 5.75 Å². The van der Waals surface area contributed by atoms with Gasteiger partial charge in [-0.2, -0.15) is 0 Å². The molecule has 2 aromatic carbocycles. The van der Waals surface area contributed by atoms with Crippen molar-refractivity contribution in [1.82, 2.24) is 14.9 Å². The lowest BCUT2D eigenvalue weighted by molar-refractivity contribution is -0.120. The van der Waals surface area contributed by atoms with Crippen LogP contribution in [0.5, 0.6) is 5.75 Å². The van der Waals surface area contributed by atoms with Crippen LogP contribution in [-0.4, -0.2) is 40.1 Å². The Hall–Kier alpha value is -3.87. The fourth-order valence-electron chi connectivity index (χ4n) is 3.54.